The van der Waals surface area contributed by atoms with Crippen molar-refractivity contribution in [3.05, 3.63) is 24.3 Å². The molecule has 0 spiro atoms. The summed E-state index contributed by atoms with van der Waals surface area (Å²) in [6, 6.07) is 7.48. The van der Waals surface area contributed by atoms with Crippen molar-refractivity contribution in [1.82, 2.24) is 4.31 Å². The summed E-state index contributed by atoms with van der Waals surface area (Å²) < 4.78 is 31.2. The molecule has 1 atom stereocenters. The maximum Gasteiger partial charge on any atom is 0.231 e. The van der Waals surface area contributed by atoms with Gasteiger partial charge in [-0.15, -0.1) is 0 Å². The van der Waals surface area contributed by atoms with Gasteiger partial charge in [0.05, 0.1) is 23.9 Å². The van der Waals surface area contributed by atoms with E-state index in [1.807, 2.05) is 24.3 Å². The normalized spacial score (nSPS) is 22.3. The zero-order valence-electron chi connectivity index (χ0n) is 13.3. The Balaban J connectivity index is 1.79. The van der Waals surface area contributed by atoms with Gasteiger partial charge in [0.2, 0.25) is 15.9 Å². The summed E-state index contributed by atoms with van der Waals surface area (Å²) in [7, 11) is -3.24. The third kappa shape index (κ3) is 3.21. The number of carbonyl (C=O) groups excluding carboxylic acids is 1. The smallest absolute Gasteiger partial charge is 0.231 e. The minimum Gasteiger partial charge on any atom is -0.490 e. The van der Waals surface area contributed by atoms with Crippen LogP contribution in [0.2, 0.25) is 0 Å². The number of nitrogens with zero attached hydrogens (tertiary/aromatic N) is 2. The fourth-order valence-electron chi connectivity index (χ4n) is 3.20. The van der Waals surface area contributed by atoms with Crippen molar-refractivity contribution in [2.75, 3.05) is 36.9 Å². The van der Waals surface area contributed by atoms with Gasteiger partial charge < -0.3 is 9.64 Å². The number of anilines is 1. The van der Waals surface area contributed by atoms with Gasteiger partial charge in [-0.1, -0.05) is 12.1 Å². The Morgan fingerprint density at radius 1 is 1.30 bits per heavy atom. The fourth-order valence-corrected chi connectivity index (χ4v) is 4.38. The molecule has 2 aliphatic rings. The zero-order valence-corrected chi connectivity index (χ0v) is 14.1. The molecule has 1 aromatic carbocycles. The third-order valence-corrected chi connectivity index (χ3v) is 6.33. The first-order valence-electron chi connectivity index (χ1n) is 8.04. The van der Waals surface area contributed by atoms with Crippen LogP contribution in [-0.2, 0) is 14.8 Å². The van der Waals surface area contributed by atoms with Crippen LogP contribution in [0.1, 0.15) is 19.8 Å². The van der Waals surface area contributed by atoms with Gasteiger partial charge in [-0.2, -0.15) is 0 Å². The lowest BCUT2D eigenvalue weighted by molar-refractivity contribution is -0.123. The standard InChI is InChI=1S/C16H22N2O4S/c1-2-23(20,21)17-9-5-6-13(12-17)16(19)18-10-11-22-15-8-4-3-7-14(15)18/h3-4,7-8,13H,2,5-6,9-12H2,1H3/t13-/m0/s1. The highest BCUT2D eigenvalue weighted by atomic mass is 32.2. The van der Waals surface area contributed by atoms with E-state index in [1.54, 1.807) is 11.8 Å². The van der Waals surface area contributed by atoms with Crippen molar-refractivity contribution >= 4 is 21.6 Å². The molecule has 126 valence electrons. The molecule has 1 fully saturated rings. The number of para-hydroxylation sites is 2. The van der Waals surface area contributed by atoms with Crippen LogP contribution in [0.4, 0.5) is 5.69 Å². The van der Waals surface area contributed by atoms with E-state index in [0.717, 1.165) is 18.5 Å². The Kier molecular flexibility index (Phi) is 4.59. The third-order valence-electron chi connectivity index (χ3n) is 4.49. The minimum absolute atomic E-state index is 0.00301. The molecular formula is C16H22N2O4S. The van der Waals surface area contributed by atoms with E-state index in [-0.39, 0.29) is 24.1 Å². The quantitative estimate of drug-likeness (QED) is 0.837. The topological polar surface area (TPSA) is 66.9 Å². The first-order valence-corrected chi connectivity index (χ1v) is 9.65. The first-order chi connectivity index (χ1) is 11.0. The molecule has 0 aromatic heterocycles. The fraction of sp³-hybridized carbons (Fsp3) is 0.562. The van der Waals surface area contributed by atoms with Crippen LogP contribution >= 0.6 is 0 Å². The van der Waals surface area contributed by atoms with E-state index in [4.69, 9.17) is 4.74 Å². The van der Waals surface area contributed by atoms with E-state index in [0.29, 0.717) is 25.4 Å². The molecule has 0 aliphatic carbocycles. The Bertz CT molecular complexity index is 689. The van der Waals surface area contributed by atoms with Crippen molar-refractivity contribution < 1.29 is 17.9 Å². The maximum absolute atomic E-state index is 12.9. The summed E-state index contributed by atoms with van der Waals surface area (Å²) in [5.41, 5.74) is 0.777. The number of ether oxygens (including phenoxy) is 1. The number of hydrogen-bond donors (Lipinski definition) is 0. The first kappa shape index (κ1) is 16.3. The number of hydrogen-bond acceptors (Lipinski definition) is 4. The summed E-state index contributed by atoms with van der Waals surface area (Å²) >= 11 is 0. The van der Waals surface area contributed by atoms with Crippen LogP contribution < -0.4 is 9.64 Å². The van der Waals surface area contributed by atoms with Gasteiger partial charge in [0.1, 0.15) is 12.4 Å². The molecule has 23 heavy (non-hydrogen) atoms. The van der Waals surface area contributed by atoms with Crippen molar-refractivity contribution in [3.8, 4) is 5.75 Å². The highest BCUT2D eigenvalue weighted by Gasteiger charge is 2.35. The van der Waals surface area contributed by atoms with Crippen LogP contribution in [-0.4, -0.2) is 50.6 Å². The largest absolute Gasteiger partial charge is 0.490 e. The summed E-state index contributed by atoms with van der Waals surface area (Å²) in [6.45, 7) is 3.41. The molecule has 1 amide bonds. The second kappa shape index (κ2) is 6.49. The molecule has 0 radical (unpaired) electrons. The average molecular weight is 338 g/mol. The van der Waals surface area contributed by atoms with E-state index in [1.165, 1.54) is 4.31 Å². The summed E-state index contributed by atoms with van der Waals surface area (Å²) in [5.74, 6) is 0.503. The van der Waals surface area contributed by atoms with E-state index < -0.39 is 10.0 Å². The summed E-state index contributed by atoms with van der Waals surface area (Å²) in [4.78, 5) is 14.7. The SMILES string of the molecule is CCS(=O)(=O)N1CCC[C@H](C(=O)N2CCOc3ccccc32)C1. The van der Waals surface area contributed by atoms with Crippen molar-refractivity contribution in [2.45, 2.75) is 19.8 Å². The van der Waals surface area contributed by atoms with Gasteiger partial charge in [-0.3, -0.25) is 4.79 Å². The molecule has 0 N–H and O–H groups in total. The summed E-state index contributed by atoms with van der Waals surface area (Å²) in [5, 5.41) is 0. The summed E-state index contributed by atoms with van der Waals surface area (Å²) in [6.07, 6.45) is 1.45. The number of sulfonamides is 1. The Morgan fingerprint density at radius 2 is 2.09 bits per heavy atom. The molecule has 0 saturated carbocycles. The second-order valence-corrected chi connectivity index (χ2v) is 8.16. The Morgan fingerprint density at radius 3 is 2.87 bits per heavy atom. The number of benzene rings is 1. The van der Waals surface area contributed by atoms with E-state index in [2.05, 4.69) is 0 Å². The molecule has 1 saturated heterocycles. The lowest BCUT2D eigenvalue weighted by Gasteiger charge is -2.36. The monoisotopic (exact) mass is 338 g/mol. The highest BCUT2D eigenvalue weighted by Crippen LogP contribution is 2.33. The number of carbonyl (C=O) groups is 1. The van der Waals surface area contributed by atoms with Gasteiger partial charge in [-0.05, 0) is 31.9 Å². The van der Waals surface area contributed by atoms with Crippen molar-refractivity contribution in [3.63, 3.8) is 0 Å². The van der Waals surface area contributed by atoms with Crippen molar-refractivity contribution in [2.24, 2.45) is 5.92 Å². The number of fused-ring (bicyclic) bond motifs is 1. The number of amides is 1. The lowest BCUT2D eigenvalue weighted by atomic mass is 9.97. The molecule has 0 bridgehead atoms. The Hall–Kier alpha value is -1.60. The molecule has 6 nitrogen and oxygen atoms in total. The Labute approximate surface area is 137 Å². The van der Waals surface area contributed by atoms with Gasteiger partial charge >= 0.3 is 0 Å². The maximum atomic E-state index is 12.9. The molecular weight excluding hydrogens is 316 g/mol. The minimum atomic E-state index is -3.24. The van der Waals surface area contributed by atoms with Gasteiger partial charge in [0.15, 0.2) is 0 Å². The van der Waals surface area contributed by atoms with Crippen LogP contribution in [0.15, 0.2) is 24.3 Å². The van der Waals surface area contributed by atoms with Crippen LogP contribution in [0.25, 0.3) is 0 Å². The average Bonchev–Trinajstić information content (AvgIpc) is 2.60. The van der Waals surface area contributed by atoms with Crippen molar-refractivity contribution in [1.29, 1.82) is 0 Å². The second-order valence-electron chi connectivity index (χ2n) is 5.90. The van der Waals surface area contributed by atoms with Gasteiger partial charge in [-0.25, -0.2) is 12.7 Å². The molecule has 1 aromatic rings. The van der Waals surface area contributed by atoms with Gasteiger partial charge in [0, 0.05) is 13.1 Å². The number of rotatable bonds is 3. The highest BCUT2D eigenvalue weighted by molar-refractivity contribution is 7.89. The number of piperidine rings is 1. The van der Waals surface area contributed by atoms with E-state index >= 15 is 0 Å². The van der Waals surface area contributed by atoms with E-state index in [9.17, 15) is 13.2 Å². The lowest BCUT2D eigenvalue weighted by Crippen LogP contribution is -2.48. The molecule has 7 heteroatoms. The molecule has 2 heterocycles. The predicted octanol–water partition coefficient (Wildman–Crippen LogP) is 1.47. The molecule has 3 rings (SSSR count). The van der Waals surface area contributed by atoms with Crippen LogP contribution in [0, 0.1) is 5.92 Å². The van der Waals surface area contributed by atoms with Crippen LogP contribution in [0.3, 0.4) is 0 Å². The van der Waals surface area contributed by atoms with Crippen LogP contribution in [0.5, 0.6) is 5.75 Å². The predicted molar refractivity (Wildman–Crippen MR) is 88.0 cm³/mol. The molecule has 0 unspecified atom stereocenters. The zero-order chi connectivity index (χ0) is 16.4. The molecule has 2 aliphatic heterocycles. The van der Waals surface area contributed by atoms with Gasteiger partial charge in [0.25, 0.3) is 0 Å².